The van der Waals surface area contributed by atoms with Crippen LogP contribution in [0, 0.1) is 13.8 Å². The Morgan fingerprint density at radius 3 is 2.55 bits per heavy atom. The van der Waals surface area contributed by atoms with Gasteiger partial charge in [-0.05, 0) is 37.6 Å². The second-order valence-corrected chi connectivity index (χ2v) is 6.81. The van der Waals surface area contributed by atoms with Crippen molar-refractivity contribution in [3.05, 3.63) is 57.1 Å². The van der Waals surface area contributed by atoms with Crippen LogP contribution in [0.3, 0.4) is 0 Å². The summed E-state index contributed by atoms with van der Waals surface area (Å²) in [7, 11) is 0. The Bertz CT molecular complexity index is 850. The highest BCUT2D eigenvalue weighted by Gasteiger charge is 2.14. The first kappa shape index (κ1) is 15.3. The molecule has 0 saturated carbocycles. The zero-order valence-corrected chi connectivity index (χ0v) is 14.2. The van der Waals surface area contributed by atoms with E-state index in [4.69, 9.17) is 23.2 Å². The number of halogens is 2. The molecule has 1 aromatic heterocycles. The van der Waals surface area contributed by atoms with Crippen LogP contribution < -0.4 is 5.32 Å². The van der Waals surface area contributed by atoms with Gasteiger partial charge in [-0.2, -0.15) is 0 Å². The predicted octanol–water partition coefficient (Wildman–Crippen LogP) is 5.47. The molecule has 0 spiro atoms. The third-order valence-electron chi connectivity index (χ3n) is 3.29. The molecule has 0 atom stereocenters. The molecule has 0 saturated heterocycles. The van der Waals surface area contributed by atoms with E-state index in [1.165, 1.54) is 11.3 Å². The number of aromatic nitrogens is 1. The highest BCUT2D eigenvalue weighted by molar-refractivity contribution is 7.23. The Morgan fingerprint density at radius 2 is 1.86 bits per heavy atom. The maximum atomic E-state index is 12.4. The lowest BCUT2D eigenvalue weighted by Crippen LogP contribution is -2.13. The number of fused-ring (bicyclic) bond motifs is 1. The Kier molecular flexibility index (Phi) is 4.08. The largest absolute Gasteiger partial charge is 0.298 e. The van der Waals surface area contributed by atoms with Gasteiger partial charge in [0.2, 0.25) is 0 Å². The van der Waals surface area contributed by atoms with Gasteiger partial charge in [-0.1, -0.05) is 52.2 Å². The summed E-state index contributed by atoms with van der Waals surface area (Å²) in [6.45, 7) is 3.90. The highest BCUT2D eigenvalue weighted by Crippen LogP contribution is 2.36. The summed E-state index contributed by atoms with van der Waals surface area (Å²) in [4.78, 5) is 16.7. The Hall–Kier alpha value is -1.62. The van der Waals surface area contributed by atoms with E-state index in [0.717, 1.165) is 15.8 Å². The predicted molar refractivity (Wildman–Crippen MR) is 93.5 cm³/mol. The van der Waals surface area contributed by atoms with Gasteiger partial charge in [0, 0.05) is 5.56 Å². The lowest BCUT2D eigenvalue weighted by atomic mass is 10.1. The van der Waals surface area contributed by atoms with E-state index in [9.17, 15) is 4.79 Å². The number of hydrogen-bond donors (Lipinski definition) is 1. The van der Waals surface area contributed by atoms with E-state index in [-0.39, 0.29) is 5.91 Å². The SMILES string of the molecule is Cc1ccc(C(=O)Nc2nc3c(Cl)ccc(Cl)c3s2)c(C)c1. The van der Waals surface area contributed by atoms with Gasteiger partial charge in [0.1, 0.15) is 5.52 Å². The fraction of sp³-hybridized carbons (Fsp3) is 0.125. The van der Waals surface area contributed by atoms with Crippen molar-refractivity contribution in [1.29, 1.82) is 0 Å². The van der Waals surface area contributed by atoms with Gasteiger partial charge in [-0.3, -0.25) is 10.1 Å². The Labute approximate surface area is 141 Å². The first-order valence-electron chi connectivity index (χ1n) is 6.59. The van der Waals surface area contributed by atoms with Gasteiger partial charge in [0.15, 0.2) is 5.13 Å². The first-order valence-corrected chi connectivity index (χ1v) is 8.16. The smallest absolute Gasteiger partial charge is 0.257 e. The van der Waals surface area contributed by atoms with Crippen molar-refractivity contribution in [3.63, 3.8) is 0 Å². The topological polar surface area (TPSA) is 42.0 Å². The average molecular weight is 351 g/mol. The van der Waals surface area contributed by atoms with Crippen molar-refractivity contribution in [2.75, 3.05) is 5.32 Å². The number of rotatable bonds is 2. The van der Waals surface area contributed by atoms with Crippen LogP contribution in [-0.2, 0) is 0 Å². The lowest BCUT2D eigenvalue weighted by Gasteiger charge is -2.06. The number of anilines is 1. The number of carbonyl (C=O) groups is 1. The van der Waals surface area contributed by atoms with E-state index in [2.05, 4.69) is 10.3 Å². The molecule has 2 aromatic carbocycles. The van der Waals surface area contributed by atoms with Crippen molar-refractivity contribution in [3.8, 4) is 0 Å². The number of hydrogen-bond acceptors (Lipinski definition) is 3. The Morgan fingerprint density at radius 1 is 1.14 bits per heavy atom. The molecule has 112 valence electrons. The standard InChI is InChI=1S/C16H12Cl2N2OS/c1-8-3-4-10(9(2)7-8)15(21)20-16-19-13-11(17)5-6-12(18)14(13)22-16/h3-7H,1-2H3,(H,19,20,21). The second-order valence-electron chi connectivity index (χ2n) is 5.00. The zero-order chi connectivity index (χ0) is 15.9. The average Bonchev–Trinajstić information content (AvgIpc) is 2.88. The van der Waals surface area contributed by atoms with Crippen molar-refractivity contribution in [2.24, 2.45) is 0 Å². The Balaban J connectivity index is 1.94. The minimum absolute atomic E-state index is 0.191. The molecule has 3 rings (SSSR count). The molecule has 6 heteroatoms. The lowest BCUT2D eigenvalue weighted by molar-refractivity contribution is 0.102. The molecule has 1 amide bonds. The van der Waals surface area contributed by atoms with Gasteiger partial charge in [0.25, 0.3) is 5.91 Å². The summed E-state index contributed by atoms with van der Waals surface area (Å²) in [5, 5.41) is 4.38. The number of thiazole rings is 1. The minimum Gasteiger partial charge on any atom is -0.298 e. The molecule has 3 aromatic rings. The van der Waals surface area contributed by atoms with Crippen LogP contribution in [-0.4, -0.2) is 10.9 Å². The van der Waals surface area contributed by atoms with E-state index in [0.29, 0.717) is 26.3 Å². The molecule has 22 heavy (non-hydrogen) atoms. The number of aryl methyl sites for hydroxylation is 2. The van der Waals surface area contributed by atoms with Crippen LogP contribution in [0.15, 0.2) is 30.3 Å². The van der Waals surface area contributed by atoms with Crippen LogP contribution in [0.25, 0.3) is 10.2 Å². The third-order valence-corrected chi connectivity index (χ3v) is 5.03. The number of nitrogens with one attached hydrogen (secondary N) is 1. The number of benzene rings is 2. The summed E-state index contributed by atoms with van der Waals surface area (Å²) >= 11 is 13.6. The van der Waals surface area contributed by atoms with Gasteiger partial charge < -0.3 is 0 Å². The molecule has 0 aliphatic rings. The third kappa shape index (κ3) is 2.82. The molecular weight excluding hydrogens is 339 g/mol. The van der Waals surface area contributed by atoms with Crippen LogP contribution in [0.2, 0.25) is 10.0 Å². The molecular formula is C16H12Cl2N2OS. The molecule has 0 aliphatic heterocycles. The van der Waals surface area contributed by atoms with E-state index < -0.39 is 0 Å². The molecule has 1 N–H and O–H groups in total. The minimum atomic E-state index is -0.191. The monoisotopic (exact) mass is 350 g/mol. The zero-order valence-electron chi connectivity index (χ0n) is 11.9. The van der Waals surface area contributed by atoms with Crippen molar-refractivity contribution >= 4 is 55.8 Å². The van der Waals surface area contributed by atoms with Crippen molar-refractivity contribution < 1.29 is 4.79 Å². The fourth-order valence-electron chi connectivity index (χ4n) is 2.23. The molecule has 0 aliphatic carbocycles. The number of carbonyl (C=O) groups excluding carboxylic acids is 1. The normalized spacial score (nSPS) is 10.9. The van der Waals surface area contributed by atoms with Gasteiger partial charge >= 0.3 is 0 Å². The second kappa shape index (κ2) is 5.88. The fourth-order valence-corrected chi connectivity index (χ4v) is 3.65. The van der Waals surface area contributed by atoms with Crippen molar-refractivity contribution in [1.82, 2.24) is 4.98 Å². The number of nitrogens with zero attached hydrogens (tertiary/aromatic N) is 1. The van der Waals surface area contributed by atoms with Gasteiger partial charge in [-0.25, -0.2) is 4.98 Å². The maximum Gasteiger partial charge on any atom is 0.257 e. The maximum absolute atomic E-state index is 12.4. The van der Waals surface area contributed by atoms with Crippen LogP contribution >= 0.6 is 34.5 Å². The molecule has 0 bridgehead atoms. The molecule has 0 fully saturated rings. The first-order chi connectivity index (χ1) is 10.5. The van der Waals surface area contributed by atoms with E-state index >= 15 is 0 Å². The van der Waals surface area contributed by atoms with Gasteiger partial charge in [-0.15, -0.1) is 0 Å². The van der Waals surface area contributed by atoms with E-state index in [1.807, 2.05) is 32.0 Å². The molecule has 1 heterocycles. The quantitative estimate of drug-likeness (QED) is 0.665. The van der Waals surface area contributed by atoms with Gasteiger partial charge in [0.05, 0.1) is 14.7 Å². The molecule has 0 unspecified atom stereocenters. The summed E-state index contributed by atoms with van der Waals surface area (Å²) < 4.78 is 0.769. The molecule has 0 radical (unpaired) electrons. The van der Waals surface area contributed by atoms with Crippen LogP contribution in [0.4, 0.5) is 5.13 Å². The molecule has 3 nitrogen and oxygen atoms in total. The van der Waals surface area contributed by atoms with Crippen molar-refractivity contribution in [2.45, 2.75) is 13.8 Å². The summed E-state index contributed by atoms with van der Waals surface area (Å²) in [6.07, 6.45) is 0. The number of amides is 1. The highest BCUT2D eigenvalue weighted by atomic mass is 35.5. The summed E-state index contributed by atoms with van der Waals surface area (Å²) in [5.74, 6) is -0.191. The van der Waals surface area contributed by atoms with Crippen LogP contribution in [0.5, 0.6) is 0 Å². The summed E-state index contributed by atoms with van der Waals surface area (Å²) in [6, 6.07) is 9.12. The van der Waals surface area contributed by atoms with Crippen LogP contribution in [0.1, 0.15) is 21.5 Å². The van der Waals surface area contributed by atoms with E-state index in [1.54, 1.807) is 12.1 Å². The summed E-state index contributed by atoms with van der Waals surface area (Å²) in [5.41, 5.74) is 3.28.